The first kappa shape index (κ1) is 18.2. The number of rotatable bonds is 4. The van der Waals surface area contributed by atoms with Gasteiger partial charge in [0.15, 0.2) is 0 Å². The number of hydrogen-bond acceptors (Lipinski definition) is 3. The molecule has 7 heteroatoms. The highest BCUT2D eigenvalue weighted by atomic mass is 19.4. The number of nitrogens with one attached hydrogen (secondary N) is 2. The van der Waals surface area contributed by atoms with E-state index in [2.05, 4.69) is 15.6 Å². The average Bonchev–Trinajstić information content (AvgIpc) is 2.63. The van der Waals surface area contributed by atoms with Crippen molar-refractivity contribution in [2.75, 3.05) is 10.6 Å². The lowest BCUT2D eigenvalue weighted by atomic mass is 9.95. The molecular formula is C19H20F3N3O. The van der Waals surface area contributed by atoms with E-state index in [9.17, 15) is 18.0 Å². The number of hydrogen-bond donors (Lipinski definition) is 2. The number of nitrogens with zero attached hydrogens (tertiary/aromatic N) is 1. The van der Waals surface area contributed by atoms with Crippen LogP contribution in [0.1, 0.15) is 48.2 Å². The number of benzene rings is 1. The molecule has 1 aliphatic carbocycles. The fourth-order valence-corrected chi connectivity index (χ4v) is 3.03. The number of halogens is 3. The van der Waals surface area contributed by atoms with Crippen LogP contribution in [-0.4, -0.2) is 16.9 Å². The lowest BCUT2D eigenvalue weighted by Gasteiger charge is -2.23. The summed E-state index contributed by atoms with van der Waals surface area (Å²) in [5.74, 6) is -0.464. The Kier molecular flexibility index (Phi) is 5.44. The fraction of sp³-hybridized carbons (Fsp3) is 0.368. The zero-order valence-corrected chi connectivity index (χ0v) is 14.1. The summed E-state index contributed by atoms with van der Waals surface area (Å²) in [4.78, 5) is 16.3. The van der Waals surface area contributed by atoms with Crippen LogP contribution in [0.25, 0.3) is 0 Å². The summed E-state index contributed by atoms with van der Waals surface area (Å²) in [6.07, 6.45) is 3.20. The highest BCUT2D eigenvalue weighted by molar-refractivity contribution is 6.02. The van der Waals surface area contributed by atoms with Gasteiger partial charge in [-0.25, -0.2) is 4.98 Å². The highest BCUT2D eigenvalue weighted by Crippen LogP contribution is 2.29. The molecule has 2 N–H and O–H groups in total. The van der Waals surface area contributed by atoms with Crippen LogP contribution in [0, 0.1) is 0 Å². The summed E-state index contributed by atoms with van der Waals surface area (Å²) in [5, 5.41) is 5.96. The van der Waals surface area contributed by atoms with Crippen molar-refractivity contribution >= 4 is 17.3 Å². The van der Waals surface area contributed by atoms with Gasteiger partial charge in [0, 0.05) is 11.7 Å². The fourth-order valence-electron chi connectivity index (χ4n) is 3.03. The third-order valence-corrected chi connectivity index (χ3v) is 4.44. The molecule has 4 nitrogen and oxygen atoms in total. The van der Waals surface area contributed by atoms with Crippen LogP contribution in [-0.2, 0) is 6.18 Å². The Bertz CT molecular complexity index is 736. The molecule has 1 heterocycles. The summed E-state index contributed by atoms with van der Waals surface area (Å²) in [6, 6.07) is 8.14. The molecule has 26 heavy (non-hydrogen) atoms. The molecule has 0 aliphatic heterocycles. The lowest BCUT2D eigenvalue weighted by molar-refractivity contribution is -0.137. The predicted molar refractivity (Wildman–Crippen MR) is 94.1 cm³/mol. The number of carbonyl (C=O) groups excluding carboxylic acids is 1. The minimum Gasteiger partial charge on any atom is -0.381 e. The maximum atomic E-state index is 12.5. The van der Waals surface area contributed by atoms with E-state index in [0.717, 1.165) is 30.7 Å². The molecule has 2 aromatic rings. The molecule has 3 rings (SSSR count). The third kappa shape index (κ3) is 4.74. The summed E-state index contributed by atoms with van der Waals surface area (Å²) in [6.45, 7) is 0. The van der Waals surface area contributed by atoms with E-state index in [0.29, 0.717) is 6.04 Å². The van der Waals surface area contributed by atoms with Gasteiger partial charge in [-0.3, -0.25) is 4.79 Å². The minimum atomic E-state index is -4.40. The van der Waals surface area contributed by atoms with Gasteiger partial charge >= 0.3 is 6.18 Å². The van der Waals surface area contributed by atoms with Crippen molar-refractivity contribution in [2.45, 2.75) is 44.3 Å². The Morgan fingerprint density at radius 1 is 0.962 bits per heavy atom. The van der Waals surface area contributed by atoms with E-state index in [4.69, 9.17) is 0 Å². The van der Waals surface area contributed by atoms with Gasteiger partial charge < -0.3 is 10.6 Å². The highest BCUT2D eigenvalue weighted by Gasteiger charge is 2.30. The molecule has 0 bridgehead atoms. The van der Waals surface area contributed by atoms with Gasteiger partial charge in [-0.05, 0) is 49.2 Å². The molecule has 1 aromatic heterocycles. The van der Waals surface area contributed by atoms with Crippen molar-refractivity contribution in [3.63, 3.8) is 0 Å². The van der Waals surface area contributed by atoms with E-state index in [1.165, 1.54) is 31.4 Å². The van der Waals surface area contributed by atoms with Crippen molar-refractivity contribution in [3.8, 4) is 0 Å². The van der Waals surface area contributed by atoms with Gasteiger partial charge in [-0.15, -0.1) is 0 Å². The number of anilines is 2. The largest absolute Gasteiger partial charge is 0.416 e. The van der Waals surface area contributed by atoms with Crippen molar-refractivity contribution in [1.82, 2.24) is 4.98 Å². The van der Waals surface area contributed by atoms with Gasteiger partial charge in [-0.2, -0.15) is 13.2 Å². The van der Waals surface area contributed by atoms with Crippen molar-refractivity contribution in [3.05, 3.63) is 53.9 Å². The van der Waals surface area contributed by atoms with Crippen molar-refractivity contribution < 1.29 is 18.0 Å². The molecule has 1 aliphatic rings. The van der Waals surface area contributed by atoms with Crippen LogP contribution < -0.4 is 10.6 Å². The summed E-state index contributed by atoms with van der Waals surface area (Å²) in [7, 11) is 0. The van der Waals surface area contributed by atoms with E-state index >= 15 is 0 Å². The number of alkyl halides is 3. The average molecular weight is 363 g/mol. The van der Waals surface area contributed by atoms with Gasteiger partial charge in [0.1, 0.15) is 5.69 Å². The van der Waals surface area contributed by atoms with Crippen LogP contribution in [0.15, 0.2) is 42.6 Å². The molecule has 0 atom stereocenters. The Balaban J connectivity index is 1.59. The van der Waals surface area contributed by atoms with Crippen LogP contribution in [0.5, 0.6) is 0 Å². The molecule has 0 unspecified atom stereocenters. The molecule has 138 valence electrons. The number of pyridine rings is 1. The Morgan fingerprint density at radius 2 is 1.62 bits per heavy atom. The second kappa shape index (κ2) is 7.76. The standard InChI is InChI=1S/C19H20F3N3O/c20-19(21,22)13-6-8-15(9-7-13)25-18(26)17-11-10-16(12-23-17)24-14-4-2-1-3-5-14/h6-12,14,24H,1-5H2,(H,25,26). The summed E-state index contributed by atoms with van der Waals surface area (Å²) >= 11 is 0. The summed E-state index contributed by atoms with van der Waals surface area (Å²) in [5.41, 5.74) is 0.600. The minimum absolute atomic E-state index is 0.207. The van der Waals surface area contributed by atoms with Gasteiger partial charge in [-0.1, -0.05) is 19.3 Å². The van der Waals surface area contributed by atoms with Gasteiger partial charge in [0.25, 0.3) is 5.91 Å². The first-order chi connectivity index (χ1) is 12.4. The van der Waals surface area contributed by atoms with E-state index in [-0.39, 0.29) is 11.4 Å². The Labute approximate surface area is 149 Å². The number of aromatic nitrogens is 1. The van der Waals surface area contributed by atoms with Crippen LogP contribution in [0.2, 0.25) is 0 Å². The molecule has 1 amide bonds. The molecule has 1 aromatic carbocycles. The maximum absolute atomic E-state index is 12.5. The molecule has 0 spiro atoms. The van der Waals surface area contributed by atoms with Gasteiger partial charge in [0.05, 0.1) is 17.4 Å². The van der Waals surface area contributed by atoms with E-state index in [1.807, 2.05) is 0 Å². The molecule has 0 radical (unpaired) electrons. The second-order valence-corrected chi connectivity index (χ2v) is 6.44. The summed E-state index contributed by atoms with van der Waals surface area (Å²) < 4.78 is 37.6. The quantitative estimate of drug-likeness (QED) is 0.795. The topological polar surface area (TPSA) is 54.0 Å². The first-order valence-corrected chi connectivity index (χ1v) is 8.63. The molecule has 1 saturated carbocycles. The van der Waals surface area contributed by atoms with Crippen molar-refractivity contribution in [2.24, 2.45) is 0 Å². The monoisotopic (exact) mass is 363 g/mol. The van der Waals surface area contributed by atoms with Crippen molar-refractivity contribution in [1.29, 1.82) is 0 Å². The van der Waals surface area contributed by atoms with Crippen LogP contribution in [0.4, 0.5) is 24.5 Å². The second-order valence-electron chi connectivity index (χ2n) is 6.44. The zero-order valence-electron chi connectivity index (χ0n) is 14.1. The Hall–Kier alpha value is -2.57. The van der Waals surface area contributed by atoms with Crippen LogP contribution >= 0.6 is 0 Å². The smallest absolute Gasteiger partial charge is 0.381 e. The molecular weight excluding hydrogens is 343 g/mol. The molecule has 1 fully saturated rings. The third-order valence-electron chi connectivity index (χ3n) is 4.44. The lowest BCUT2D eigenvalue weighted by Crippen LogP contribution is -2.22. The predicted octanol–water partition coefficient (Wildman–Crippen LogP) is 5.10. The SMILES string of the molecule is O=C(Nc1ccc(C(F)(F)F)cc1)c1ccc(NC2CCCCC2)cn1. The van der Waals surface area contributed by atoms with Crippen LogP contribution in [0.3, 0.4) is 0 Å². The van der Waals surface area contributed by atoms with E-state index < -0.39 is 17.6 Å². The first-order valence-electron chi connectivity index (χ1n) is 8.63. The normalized spacial score (nSPS) is 15.5. The number of carbonyl (C=O) groups is 1. The zero-order chi connectivity index (χ0) is 18.6. The van der Waals surface area contributed by atoms with E-state index in [1.54, 1.807) is 18.3 Å². The molecule has 0 saturated heterocycles. The Morgan fingerprint density at radius 3 is 2.19 bits per heavy atom. The van der Waals surface area contributed by atoms with Gasteiger partial charge in [0.2, 0.25) is 0 Å². The number of amides is 1. The maximum Gasteiger partial charge on any atom is 0.416 e.